The molecule has 0 spiro atoms. The second kappa shape index (κ2) is 7.27. The molecular formula is C22H31N3Si. The molecule has 0 fully saturated rings. The zero-order valence-electron chi connectivity index (χ0n) is 16.8. The van der Waals surface area contributed by atoms with Crippen LogP contribution in [0.1, 0.15) is 41.5 Å². The molecule has 138 valence electrons. The molecule has 1 N–H and O–H groups in total. The van der Waals surface area contributed by atoms with Gasteiger partial charge in [-0.05, 0) is 47.1 Å². The van der Waals surface area contributed by atoms with Gasteiger partial charge in [0.1, 0.15) is 5.65 Å². The van der Waals surface area contributed by atoms with Gasteiger partial charge in [0.2, 0.25) is 0 Å². The number of nitrogens with zero attached hydrogens (tertiary/aromatic N) is 2. The van der Waals surface area contributed by atoms with E-state index in [4.69, 9.17) is 4.98 Å². The van der Waals surface area contributed by atoms with Crippen LogP contribution in [0.2, 0.25) is 16.6 Å². The molecule has 0 radical (unpaired) electrons. The first-order valence-corrected chi connectivity index (χ1v) is 11.8. The van der Waals surface area contributed by atoms with E-state index < -0.39 is 8.24 Å². The number of benzene rings is 1. The van der Waals surface area contributed by atoms with Gasteiger partial charge in [-0.1, -0.05) is 59.7 Å². The Hall–Kier alpha value is -2.07. The van der Waals surface area contributed by atoms with Crippen LogP contribution in [-0.4, -0.2) is 17.5 Å². The van der Waals surface area contributed by atoms with Crippen LogP contribution in [0, 0.1) is 0 Å². The number of para-hydroxylation sites is 1. The number of aromatic nitrogens is 2. The average molecular weight is 366 g/mol. The maximum atomic E-state index is 4.89. The van der Waals surface area contributed by atoms with E-state index in [0.717, 1.165) is 17.0 Å². The van der Waals surface area contributed by atoms with Crippen LogP contribution < -0.4 is 5.32 Å². The smallest absolute Gasteiger partial charge is 0.171 e. The van der Waals surface area contributed by atoms with Gasteiger partial charge in [0.15, 0.2) is 8.24 Å². The molecule has 0 aliphatic rings. The molecule has 2 heterocycles. The van der Waals surface area contributed by atoms with Gasteiger partial charge in [0.05, 0.1) is 11.9 Å². The summed E-state index contributed by atoms with van der Waals surface area (Å²) in [6.45, 7) is 14.4. The van der Waals surface area contributed by atoms with E-state index in [1.807, 2.05) is 24.4 Å². The molecule has 0 atom stereocenters. The van der Waals surface area contributed by atoms with Gasteiger partial charge in [-0.15, -0.1) is 0 Å². The lowest BCUT2D eigenvalue weighted by Gasteiger charge is -2.44. The van der Waals surface area contributed by atoms with E-state index in [2.05, 4.69) is 81.6 Å². The summed E-state index contributed by atoms with van der Waals surface area (Å²) in [5.74, 6) is 0. The molecule has 0 saturated heterocycles. The summed E-state index contributed by atoms with van der Waals surface area (Å²) in [6.07, 6.45) is 4.25. The Kier molecular flexibility index (Phi) is 5.23. The molecule has 0 aliphatic carbocycles. The zero-order chi connectivity index (χ0) is 18.9. The van der Waals surface area contributed by atoms with Crippen LogP contribution in [0.15, 0.2) is 54.9 Å². The molecule has 0 unspecified atom stereocenters. The van der Waals surface area contributed by atoms with E-state index in [1.54, 1.807) is 0 Å². The van der Waals surface area contributed by atoms with Gasteiger partial charge >= 0.3 is 0 Å². The van der Waals surface area contributed by atoms with Crippen LogP contribution in [0.3, 0.4) is 0 Å². The van der Waals surface area contributed by atoms with Crippen molar-refractivity contribution in [3.63, 3.8) is 0 Å². The minimum atomic E-state index is -1.77. The molecule has 3 nitrogen and oxygen atoms in total. The first-order chi connectivity index (χ1) is 12.4. The fraction of sp³-hybridized carbons (Fsp3) is 0.409. The number of fused-ring (bicyclic) bond motifs is 1. The largest absolute Gasteiger partial charge is 0.359 e. The average Bonchev–Trinajstić information content (AvgIpc) is 2.99. The van der Waals surface area contributed by atoms with Crippen molar-refractivity contribution >= 4 is 30.6 Å². The second-order valence-corrected chi connectivity index (χ2v) is 13.9. The molecule has 0 amide bonds. The SMILES string of the molecule is CC(C)[Si](C(C)C)(C(C)C)n1ccc2cc(Nc3ccccc3)cnc21. The predicted molar refractivity (Wildman–Crippen MR) is 116 cm³/mol. The van der Waals surface area contributed by atoms with Crippen molar-refractivity contribution in [2.75, 3.05) is 5.32 Å². The highest BCUT2D eigenvalue weighted by atomic mass is 28.3. The quantitative estimate of drug-likeness (QED) is 0.487. The Morgan fingerprint density at radius 3 is 2.04 bits per heavy atom. The summed E-state index contributed by atoms with van der Waals surface area (Å²) in [5.41, 5.74) is 5.22. The van der Waals surface area contributed by atoms with E-state index in [-0.39, 0.29) is 0 Å². The first kappa shape index (κ1) is 18.7. The fourth-order valence-electron chi connectivity index (χ4n) is 4.93. The Morgan fingerprint density at radius 1 is 0.846 bits per heavy atom. The third-order valence-corrected chi connectivity index (χ3v) is 12.5. The van der Waals surface area contributed by atoms with Gasteiger partial charge in [0.25, 0.3) is 0 Å². The third kappa shape index (κ3) is 3.07. The predicted octanol–water partition coefficient (Wildman–Crippen LogP) is 6.80. The third-order valence-electron chi connectivity index (χ3n) is 5.78. The Morgan fingerprint density at radius 2 is 1.46 bits per heavy atom. The van der Waals surface area contributed by atoms with E-state index in [1.165, 1.54) is 5.39 Å². The molecular weight excluding hydrogens is 334 g/mol. The number of pyridine rings is 1. The number of rotatable bonds is 6. The summed E-state index contributed by atoms with van der Waals surface area (Å²) < 4.78 is 2.56. The van der Waals surface area contributed by atoms with Crippen molar-refractivity contribution in [2.45, 2.75) is 58.2 Å². The highest BCUT2D eigenvalue weighted by Gasteiger charge is 2.45. The highest BCUT2D eigenvalue weighted by molar-refractivity contribution is 6.82. The minimum Gasteiger partial charge on any atom is -0.359 e. The summed E-state index contributed by atoms with van der Waals surface area (Å²) in [4.78, 5) is 4.89. The molecule has 0 saturated carbocycles. The number of hydrogen-bond acceptors (Lipinski definition) is 2. The second-order valence-electron chi connectivity index (χ2n) is 8.16. The van der Waals surface area contributed by atoms with Crippen LogP contribution in [0.25, 0.3) is 11.0 Å². The molecule has 26 heavy (non-hydrogen) atoms. The Labute approximate surface area is 158 Å². The minimum absolute atomic E-state index is 0.655. The van der Waals surface area contributed by atoms with Crippen molar-refractivity contribution in [2.24, 2.45) is 0 Å². The topological polar surface area (TPSA) is 29.9 Å². The van der Waals surface area contributed by atoms with Gasteiger partial charge in [-0.2, -0.15) is 0 Å². The normalized spacial score (nSPS) is 12.5. The van der Waals surface area contributed by atoms with Gasteiger partial charge < -0.3 is 9.55 Å². The summed E-state index contributed by atoms with van der Waals surface area (Å²) >= 11 is 0. The summed E-state index contributed by atoms with van der Waals surface area (Å²) in [5, 5.41) is 4.66. The Bertz CT molecular complexity index is 844. The summed E-state index contributed by atoms with van der Waals surface area (Å²) in [7, 11) is -1.77. The molecule has 3 aromatic rings. The number of hydrogen-bond donors (Lipinski definition) is 1. The lowest BCUT2D eigenvalue weighted by molar-refractivity contribution is 0.770. The van der Waals surface area contributed by atoms with Gasteiger partial charge in [0, 0.05) is 11.1 Å². The van der Waals surface area contributed by atoms with Gasteiger partial charge in [-0.3, -0.25) is 0 Å². The van der Waals surface area contributed by atoms with Crippen LogP contribution in [0.5, 0.6) is 0 Å². The fourth-order valence-corrected chi connectivity index (χ4v) is 11.5. The van der Waals surface area contributed by atoms with E-state index in [9.17, 15) is 0 Å². The number of anilines is 2. The van der Waals surface area contributed by atoms with Crippen LogP contribution in [-0.2, 0) is 0 Å². The maximum absolute atomic E-state index is 4.89. The lowest BCUT2D eigenvalue weighted by atomic mass is 10.3. The van der Waals surface area contributed by atoms with E-state index >= 15 is 0 Å². The first-order valence-electron chi connectivity index (χ1n) is 9.67. The van der Waals surface area contributed by atoms with Crippen molar-refractivity contribution in [3.8, 4) is 0 Å². The molecule has 2 aromatic heterocycles. The molecule has 4 heteroatoms. The lowest BCUT2D eigenvalue weighted by Crippen LogP contribution is -2.51. The zero-order valence-corrected chi connectivity index (χ0v) is 17.8. The monoisotopic (exact) mass is 365 g/mol. The van der Waals surface area contributed by atoms with Crippen molar-refractivity contribution in [1.29, 1.82) is 0 Å². The standard InChI is InChI=1S/C22H31N3Si/c1-16(2)26(17(3)4,18(5)6)25-13-12-19-14-21(15-23-22(19)25)24-20-10-8-7-9-11-20/h7-18,24H,1-6H3. The molecule has 0 bridgehead atoms. The molecule has 3 rings (SSSR count). The van der Waals surface area contributed by atoms with Crippen molar-refractivity contribution < 1.29 is 0 Å². The van der Waals surface area contributed by atoms with Crippen LogP contribution in [0.4, 0.5) is 11.4 Å². The van der Waals surface area contributed by atoms with Crippen molar-refractivity contribution in [1.82, 2.24) is 9.22 Å². The number of nitrogens with one attached hydrogen (secondary N) is 1. The maximum Gasteiger partial charge on any atom is 0.171 e. The summed E-state index contributed by atoms with van der Waals surface area (Å²) in [6, 6.07) is 14.7. The molecule has 1 aromatic carbocycles. The van der Waals surface area contributed by atoms with Gasteiger partial charge in [-0.25, -0.2) is 4.98 Å². The molecule has 0 aliphatic heterocycles. The van der Waals surface area contributed by atoms with Crippen molar-refractivity contribution in [3.05, 3.63) is 54.9 Å². The van der Waals surface area contributed by atoms with Crippen LogP contribution >= 0.6 is 0 Å². The highest BCUT2D eigenvalue weighted by Crippen LogP contribution is 2.44. The van der Waals surface area contributed by atoms with E-state index in [0.29, 0.717) is 16.6 Å². The Balaban J connectivity index is 2.06.